The van der Waals surface area contributed by atoms with E-state index in [-0.39, 0.29) is 0 Å². The van der Waals surface area contributed by atoms with E-state index < -0.39 is 0 Å². The molecular formula is C25H23N3OS. The number of nitrogens with zero attached hydrogens (tertiary/aromatic N) is 2. The first-order chi connectivity index (χ1) is 14.8. The second-order valence-corrected chi connectivity index (χ2v) is 8.20. The van der Waals surface area contributed by atoms with Crippen LogP contribution in [0, 0.1) is 0 Å². The number of rotatable bonds is 6. The lowest BCUT2D eigenvalue weighted by Crippen LogP contribution is -2.17. The van der Waals surface area contributed by atoms with Gasteiger partial charge in [0, 0.05) is 35.4 Å². The molecule has 1 fully saturated rings. The highest BCUT2D eigenvalue weighted by Crippen LogP contribution is 2.30. The zero-order valence-corrected chi connectivity index (χ0v) is 17.4. The summed E-state index contributed by atoms with van der Waals surface area (Å²) in [6, 6.07) is 26.5. The number of aromatic nitrogens is 1. The predicted octanol–water partition coefficient (Wildman–Crippen LogP) is 6.95. The Balaban J connectivity index is 1.23. The Morgan fingerprint density at radius 3 is 2.23 bits per heavy atom. The largest absolute Gasteiger partial charge is 0.457 e. The standard InChI is InChI=1S/C25H23N3OS/c1-2-6-22(7-3-1)29-23-14-10-20(11-15-23)26-25-27-24(18-30-25)19-8-12-21(13-9-19)28-16-4-5-17-28/h1-3,6-15,18H,4-5,16-17H2,(H,26,27). The van der Waals surface area contributed by atoms with Gasteiger partial charge in [0.25, 0.3) is 0 Å². The average Bonchev–Trinajstić information content (AvgIpc) is 3.49. The van der Waals surface area contributed by atoms with Crippen molar-refractivity contribution in [3.63, 3.8) is 0 Å². The van der Waals surface area contributed by atoms with Crippen LogP contribution >= 0.6 is 11.3 Å². The van der Waals surface area contributed by atoms with Gasteiger partial charge < -0.3 is 15.0 Å². The molecule has 5 heteroatoms. The van der Waals surface area contributed by atoms with Gasteiger partial charge in [-0.25, -0.2) is 4.98 Å². The predicted molar refractivity (Wildman–Crippen MR) is 125 cm³/mol. The summed E-state index contributed by atoms with van der Waals surface area (Å²) in [5.74, 6) is 1.64. The van der Waals surface area contributed by atoms with Gasteiger partial charge >= 0.3 is 0 Å². The van der Waals surface area contributed by atoms with Crippen LogP contribution in [0.5, 0.6) is 11.5 Å². The Labute approximate surface area is 180 Å². The van der Waals surface area contributed by atoms with Gasteiger partial charge in [0.2, 0.25) is 0 Å². The smallest absolute Gasteiger partial charge is 0.187 e. The zero-order chi connectivity index (χ0) is 20.2. The summed E-state index contributed by atoms with van der Waals surface area (Å²) in [7, 11) is 0. The van der Waals surface area contributed by atoms with E-state index in [0.29, 0.717) is 0 Å². The van der Waals surface area contributed by atoms with Gasteiger partial charge in [-0.1, -0.05) is 30.3 Å². The van der Waals surface area contributed by atoms with Crippen LogP contribution in [0.25, 0.3) is 11.3 Å². The Morgan fingerprint density at radius 1 is 0.800 bits per heavy atom. The molecule has 0 radical (unpaired) electrons. The van der Waals surface area contributed by atoms with Crippen molar-refractivity contribution >= 4 is 27.8 Å². The second-order valence-electron chi connectivity index (χ2n) is 7.34. The Kier molecular flexibility index (Phi) is 5.36. The van der Waals surface area contributed by atoms with E-state index in [1.807, 2.05) is 54.6 Å². The molecule has 5 rings (SSSR count). The molecule has 3 aromatic carbocycles. The summed E-state index contributed by atoms with van der Waals surface area (Å²) in [5.41, 5.74) is 4.44. The third kappa shape index (κ3) is 4.31. The Morgan fingerprint density at radius 2 is 1.50 bits per heavy atom. The molecule has 0 atom stereocenters. The van der Waals surface area contributed by atoms with Crippen molar-refractivity contribution in [1.29, 1.82) is 0 Å². The van der Waals surface area contributed by atoms with E-state index in [9.17, 15) is 0 Å². The lowest BCUT2D eigenvalue weighted by Gasteiger charge is -2.17. The van der Waals surface area contributed by atoms with Crippen molar-refractivity contribution in [2.75, 3.05) is 23.3 Å². The summed E-state index contributed by atoms with van der Waals surface area (Å²) in [6.07, 6.45) is 2.59. The van der Waals surface area contributed by atoms with Gasteiger partial charge in [-0.15, -0.1) is 11.3 Å². The van der Waals surface area contributed by atoms with Crippen LogP contribution in [0.3, 0.4) is 0 Å². The van der Waals surface area contributed by atoms with Crippen molar-refractivity contribution < 1.29 is 4.74 Å². The molecule has 0 saturated carbocycles. The molecular weight excluding hydrogens is 390 g/mol. The van der Waals surface area contributed by atoms with Gasteiger partial charge in [-0.3, -0.25) is 0 Å². The van der Waals surface area contributed by atoms with Gasteiger partial charge in [0.1, 0.15) is 11.5 Å². The quantitative estimate of drug-likeness (QED) is 0.371. The van der Waals surface area contributed by atoms with E-state index in [4.69, 9.17) is 9.72 Å². The molecule has 0 spiro atoms. The minimum absolute atomic E-state index is 0.810. The maximum atomic E-state index is 5.85. The summed E-state index contributed by atoms with van der Waals surface area (Å²) >= 11 is 1.61. The topological polar surface area (TPSA) is 37.4 Å². The molecule has 1 aromatic heterocycles. The van der Waals surface area contributed by atoms with Crippen molar-refractivity contribution in [2.24, 2.45) is 0 Å². The monoisotopic (exact) mass is 413 g/mol. The van der Waals surface area contributed by atoms with Crippen molar-refractivity contribution in [3.8, 4) is 22.8 Å². The summed E-state index contributed by atoms with van der Waals surface area (Å²) in [5, 5.41) is 6.36. The Bertz CT molecular complexity index is 1090. The Hall–Kier alpha value is -3.31. The average molecular weight is 414 g/mol. The number of hydrogen-bond acceptors (Lipinski definition) is 5. The van der Waals surface area contributed by atoms with E-state index in [1.165, 1.54) is 31.6 Å². The number of anilines is 3. The zero-order valence-electron chi connectivity index (χ0n) is 16.6. The summed E-state index contributed by atoms with van der Waals surface area (Å²) in [4.78, 5) is 7.20. The number of hydrogen-bond donors (Lipinski definition) is 1. The fraction of sp³-hybridized carbons (Fsp3) is 0.160. The van der Waals surface area contributed by atoms with Gasteiger partial charge in [0.15, 0.2) is 5.13 Å². The SMILES string of the molecule is c1ccc(Oc2ccc(Nc3nc(-c4ccc(N5CCCC5)cc4)cs3)cc2)cc1. The summed E-state index contributed by atoms with van der Waals surface area (Å²) < 4.78 is 5.85. The van der Waals surface area contributed by atoms with Crippen LogP contribution in [0.1, 0.15) is 12.8 Å². The normalized spacial score (nSPS) is 13.4. The number of ether oxygens (including phenoxy) is 1. The molecule has 150 valence electrons. The molecule has 0 aliphatic carbocycles. The highest BCUT2D eigenvalue weighted by Gasteiger charge is 2.12. The fourth-order valence-corrected chi connectivity index (χ4v) is 4.38. The molecule has 2 heterocycles. The first-order valence-corrected chi connectivity index (χ1v) is 11.1. The van der Waals surface area contributed by atoms with Crippen LogP contribution in [-0.2, 0) is 0 Å². The lowest BCUT2D eigenvalue weighted by molar-refractivity contribution is 0.483. The van der Waals surface area contributed by atoms with Crippen molar-refractivity contribution in [2.45, 2.75) is 12.8 Å². The molecule has 0 unspecified atom stereocenters. The van der Waals surface area contributed by atoms with Crippen LogP contribution in [-0.4, -0.2) is 18.1 Å². The van der Waals surface area contributed by atoms with E-state index in [0.717, 1.165) is 33.6 Å². The molecule has 1 aliphatic rings. The first-order valence-electron chi connectivity index (χ1n) is 10.2. The summed E-state index contributed by atoms with van der Waals surface area (Å²) in [6.45, 7) is 2.33. The lowest BCUT2D eigenvalue weighted by atomic mass is 10.1. The molecule has 0 amide bonds. The number of nitrogens with one attached hydrogen (secondary N) is 1. The third-order valence-corrected chi connectivity index (χ3v) is 5.98. The van der Waals surface area contributed by atoms with Crippen LogP contribution in [0.2, 0.25) is 0 Å². The maximum Gasteiger partial charge on any atom is 0.187 e. The molecule has 30 heavy (non-hydrogen) atoms. The van der Waals surface area contributed by atoms with Crippen molar-refractivity contribution in [1.82, 2.24) is 4.98 Å². The van der Waals surface area contributed by atoms with Crippen LogP contribution in [0.4, 0.5) is 16.5 Å². The minimum Gasteiger partial charge on any atom is -0.457 e. The second kappa shape index (κ2) is 8.59. The molecule has 1 aliphatic heterocycles. The van der Waals surface area contributed by atoms with Crippen LogP contribution < -0.4 is 15.0 Å². The molecule has 0 bridgehead atoms. The number of thiazole rings is 1. The number of para-hydroxylation sites is 1. The van der Waals surface area contributed by atoms with Crippen LogP contribution in [0.15, 0.2) is 84.2 Å². The fourth-order valence-electron chi connectivity index (χ4n) is 3.64. The molecule has 1 saturated heterocycles. The van der Waals surface area contributed by atoms with E-state index >= 15 is 0 Å². The van der Waals surface area contributed by atoms with Gasteiger partial charge in [-0.2, -0.15) is 0 Å². The maximum absolute atomic E-state index is 5.85. The van der Waals surface area contributed by atoms with E-state index in [1.54, 1.807) is 11.3 Å². The molecule has 1 N–H and O–H groups in total. The third-order valence-electron chi connectivity index (χ3n) is 5.22. The highest BCUT2D eigenvalue weighted by molar-refractivity contribution is 7.14. The first kappa shape index (κ1) is 18.7. The molecule has 4 aromatic rings. The van der Waals surface area contributed by atoms with E-state index in [2.05, 4.69) is 39.9 Å². The van der Waals surface area contributed by atoms with Gasteiger partial charge in [-0.05, 0) is 61.4 Å². The van der Waals surface area contributed by atoms with Crippen molar-refractivity contribution in [3.05, 3.63) is 84.2 Å². The number of benzene rings is 3. The van der Waals surface area contributed by atoms with Gasteiger partial charge in [0.05, 0.1) is 5.69 Å². The minimum atomic E-state index is 0.810. The molecule has 4 nitrogen and oxygen atoms in total. The highest BCUT2D eigenvalue weighted by atomic mass is 32.1.